The zero-order chi connectivity index (χ0) is 27.5. The van der Waals surface area contributed by atoms with Crippen molar-refractivity contribution < 1.29 is 14.3 Å². The van der Waals surface area contributed by atoms with Crippen molar-refractivity contribution in [1.82, 2.24) is 4.37 Å². The summed E-state index contributed by atoms with van der Waals surface area (Å²) in [5, 5.41) is 3.24. The zero-order valence-electron chi connectivity index (χ0n) is 22.7. The van der Waals surface area contributed by atoms with E-state index in [1.165, 1.54) is 27.5 Å². The number of rotatable bonds is 10. The van der Waals surface area contributed by atoms with Crippen LogP contribution in [0.1, 0.15) is 56.5 Å². The summed E-state index contributed by atoms with van der Waals surface area (Å²) in [4.78, 5) is 22.7. The first-order chi connectivity index (χ1) is 18.4. The van der Waals surface area contributed by atoms with Gasteiger partial charge < -0.3 is 14.8 Å². The van der Waals surface area contributed by atoms with Gasteiger partial charge in [-0.2, -0.15) is 4.37 Å². The lowest BCUT2D eigenvalue weighted by molar-refractivity contribution is -0.133. The summed E-state index contributed by atoms with van der Waals surface area (Å²) in [5.41, 5.74) is 7.32. The van der Waals surface area contributed by atoms with Crippen LogP contribution in [0, 0.1) is 6.92 Å². The van der Waals surface area contributed by atoms with E-state index in [4.69, 9.17) is 4.74 Å². The zero-order valence-corrected chi connectivity index (χ0v) is 23.5. The third-order valence-electron chi connectivity index (χ3n) is 6.70. The summed E-state index contributed by atoms with van der Waals surface area (Å²) in [6.07, 6.45) is 2.79. The Kier molecular flexibility index (Phi) is 10.4. The maximum absolute atomic E-state index is 11.6. The molecule has 0 aliphatic rings. The first kappa shape index (κ1) is 28.8. The van der Waals surface area contributed by atoms with Crippen molar-refractivity contribution in [3.05, 3.63) is 95.7 Å². The molecule has 6 heteroatoms. The lowest BCUT2D eigenvalue weighted by Crippen LogP contribution is -2.23. The third-order valence-corrected chi connectivity index (χ3v) is 7.68. The largest absolute Gasteiger partial charge is 0.460 e. The van der Waals surface area contributed by atoms with Crippen molar-refractivity contribution in [3.63, 3.8) is 0 Å². The van der Waals surface area contributed by atoms with Crippen LogP contribution in [-0.2, 0) is 19.7 Å². The minimum atomic E-state index is -0.398. The van der Waals surface area contributed by atoms with Gasteiger partial charge in [-0.3, -0.25) is 4.79 Å². The van der Waals surface area contributed by atoms with E-state index >= 15 is 0 Å². The van der Waals surface area contributed by atoms with E-state index in [0.717, 1.165) is 47.2 Å². The van der Waals surface area contributed by atoms with Crippen molar-refractivity contribution in [2.75, 3.05) is 12.4 Å². The van der Waals surface area contributed by atoms with E-state index in [-0.39, 0.29) is 6.10 Å². The van der Waals surface area contributed by atoms with Gasteiger partial charge in [0.1, 0.15) is 12.4 Å². The van der Waals surface area contributed by atoms with Crippen molar-refractivity contribution in [2.45, 2.75) is 52.1 Å². The van der Waals surface area contributed by atoms with Gasteiger partial charge in [0.2, 0.25) is 0 Å². The highest BCUT2D eigenvalue weighted by Crippen LogP contribution is 2.36. The number of benzene rings is 3. The first-order valence-electron chi connectivity index (χ1n) is 12.8. The van der Waals surface area contributed by atoms with Crippen LogP contribution in [0.3, 0.4) is 0 Å². The molecule has 5 nitrogen and oxygen atoms in total. The Morgan fingerprint density at radius 1 is 0.947 bits per heavy atom. The highest BCUT2D eigenvalue weighted by molar-refractivity contribution is 7.10. The van der Waals surface area contributed by atoms with Crippen molar-refractivity contribution in [2.24, 2.45) is 0 Å². The Hall–Kier alpha value is -3.77. The second-order valence-corrected chi connectivity index (χ2v) is 10.2. The van der Waals surface area contributed by atoms with Gasteiger partial charge in [0, 0.05) is 12.5 Å². The minimum absolute atomic E-state index is 0.145. The molecule has 198 valence electrons. The van der Waals surface area contributed by atoms with Gasteiger partial charge in [0.05, 0.1) is 16.3 Å². The molecular weight excluding hydrogens is 492 g/mol. The number of carbonyl (C=O) groups is 2. The molecule has 0 saturated carbocycles. The minimum Gasteiger partial charge on any atom is -0.460 e. The van der Waals surface area contributed by atoms with Crippen LogP contribution in [0.5, 0.6) is 0 Å². The van der Waals surface area contributed by atoms with Crippen LogP contribution < -0.4 is 5.32 Å². The highest BCUT2D eigenvalue weighted by atomic mass is 32.1. The molecule has 1 heterocycles. The monoisotopic (exact) mass is 528 g/mol. The molecule has 0 spiro atoms. The summed E-state index contributed by atoms with van der Waals surface area (Å²) in [6.45, 7) is 8.46. The molecule has 1 unspecified atom stereocenters. The molecule has 38 heavy (non-hydrogen) atoms. The molecule has 2 atom stereocenters. The maximum Gasteiger partial charge on any atom is 0.293 e. The Morgan fingerprint density at radius 3 is 2.05 bits per heavy atom. The Morgan fingerprint density at radius 2 is 1.53 bits per heavy atom. The summed E-state index contributed by atoms with van der Waals surface area (Å²) in [7, 11) is 1.93. The lowest BCUT2D eigenvalue weighted by atomic mass is 9.79. The summed E-state index contributed by atoms with van der Waals surface area (Å²) >= 11 is 1.52. The first-order valence-corrected chi connectivity index (χ1v) is 13.6. The van der Waals surface area contributed by atoms with Gasteiger partial charge in [-0.05, 0) is 66.5 Å². The van der Waals surface area contributed by atoms with Crippen LogP contribution in [0.2, 0.25) is 0 Å². The number of carbonyl (C=O) groups excluding carboxylic acids is 2. The smallest absolute Gasteiger partial charge is 0.293 e. The number of aldehydes is 1. The molecule has 3 aromatic carbocycles. The molecule has 1 N–H and O–H groups in total. The molecule has 0 amide bonds. The van der Waals surface area contributed by atoms with Crippen LogP contribution in [-0.4, -0.2) is 24.2 Å². The lowest BCUT2D eigenvalue weighted by Gasteiger charge is -2.23. The number of ether oxygens (including phenoxy) is 1. The van der Waals surface area contributed by atoms with Gasteiger partial charge in [0.15, 0.2) is 0 Å². The van der Waals surface area contributed by atoms with Gasteiger partial charge in [-0.25, -0.2) is 0 Å². The predicted octanol–water partition coefficient (Wildman–Crippen LogP) is 8.00. The van der Waals surface area contributed by atoms with Crippen molar-refractivity contribution in [3.8, 4) is 21.6 Å². The number of aryl methyl sites for hydroxylation is 1. The molecule has 1 aromatic heterocycles. The molecule has 0 saturated heterocycles. The number of aromatic nitrogens is 1. The average molecular weight is 529 g/mol. The molecule has 0 radical (unpaired) electrons. The third kappa shape index (κ3) is 6.95. The molecule has 0 aliphatic carbocycles. The fraction of sp³-hybridized carbons (Fsp3) is 0.281. The van der Waals surface area contributed by atoms with E-state index in [2.05, 4.69) is 65.1 Å². The van der Waals surface area contributed by atoms with E-state index in [9.17, 15) is 9.59 Å². The Bertz CT molecular complexity index is 1300. The number of nitrogens with zero attached hydrogens (tertiary/aromatic N) is 1. The number of anilines is 1. The van der Waals surface area contributed by atoms with Crippen molar-refractivity contribution >= 4 is 30.0 Å². The predicted molar refractivity (Wildman–Crippen MR) is 158 cm³/mol. The molecular formula is C32H36N2O3S. The standard InChI is InChI=1S/C23H26N2OS.C9H10O2/c1-5-14-23(3,15-26)20-12-10-18(11-13-20)17-6-8-19(9-7-17)22-21(24-4)16(2)25-27-22;1-8(11-7-10)9-5-3-2-4-6-9/h6-13,15,24H,5,14H2,1-4H3;2-8H,1H3/t;8-/m.1/s1. The van der Waals surface area contributed by atoms with Gasteiger partial charge in [-0.1, -0.05) is 92.2 Å². The quantitative estimate of drug-likeness (QED) is 0.211. The SMILES string of the molecule is CCCC(C)(C=O)c1ccc(-c2ccc(-c3snc(C)c3NC)cc2)cc1.C[C@@H](OC=O)c1ccccc1. The second-order valence-electron chi connectivity index (χ2n) is 9.45. The molecule has 0 aliphatic heterocycles. The Balaban J connectivity index is 0.000000304. The van der Waals surface area contributed by atoms with Crippen LogP contribution in [0.25, 0.3) is 21.6 Å². The average Bonchev–Trinajstić information content (AvgIpc) is 3.34. The molecule has 0 bridgehead atoms. The number of hydrogen-bond acceptors (Lipinski definition) is 6. The summed E-state index contributed by atoms with van der Waals surface area (Å²) in [5.74, 6) is 0. The van der Waals surface area contributed by atoms with Crippen molar-refractivity contribution in [1.29, 1.82) is 0 Å². The summed E-state index contributed by atoms with van der Waals surface area (Å²) in [6, 6.07) is 26.6. The topological polar surface area (TPSA) is 68.3 Å². The van der Waals surface area contributed by atoms with E-state index in [1.807, 2.05) is 58.2 Å². The molecule has 0 fully saturated rings. The van der Waals surface area contributed by atoms with Gasteiger partial charge in [-0.15, -0.1) is 0 Å². The fourth-order valence-electron chi connectivity index (χ4n) is 4.40. The number of nitrogens with one attached hydrogen (secondary N) is 1. The van der Waals surface area contributed by atoms with Gasteiger partial charge >= 0.3 is 0 Å². The molecule has 4 aromatic rings. The molecule has 4 rings (SSSR count). The Labute approximate surface area is 230 Å². The fourth-order valence-corrected chi connectivity index (χ4v) is 5.30. The van der Waals surface area contributed by atoms with Gasteiger partial charge in [0.25, 0.3) is 6.47 Å². The maximum atomic E-state index is 11.6. The number of hydrogen-bond donors (Lipinski definition) is 1. The summed E-state index contributed by atoms with van der Waals surface area (Å²) < 4.78 is 9.20. The van der Waals surface area contributed by atoms with Crippen LogP contribution in [0.4, 0.5) is 5.69 Å². The highest BCUT2D eigenvalue weighted by Gasteiger charge is 2.24. The normalized spacial score (nSPS) is 12.9. The van der Waals surface area contributed by atoms with Crippen LogP contribution >= 0.6 is 11.5 Å². The second kappa shape index (κ2) is 13.7. The van der Waals surface area contributed by atoms with E-state index in [1.54, 1.807) is 0 Å². The van der Waals surface area contributed by atoms with E-state index in [0.29, 0.717) is 6.47 Å². The van der Waals surface area contributed by atoms with Crippen LogP contribution in [0.15, 0.2) is 78.9 Å². The van der Waals surface area contributed by atoms with E-state index < -0.39 is 5.41 Å².